The van der Waals surface area contributed by atoms with Crippen molar-refractivity contribution in [3.05, 3.63) is 143 Å². The predicted octanol–water partition coefficient (Wildman–Crippen LogP) is 12.2. The van der Waals surface area contributed by atoms with Gasteiger partial charge in [-0.25, -0.2) is 0 Å². The number of fused-ring (bicyclic) bond motifs is 2. The summed E-state index contributed by atoms with van der Waals surface area (Å²) in [7, 11) is 0. The van der Waals surface area contributed by atoms with Crippen LogP contribution < -0.4 is 10.6 Å². The van der Waals surface area contributed by atoms with Crippen molar-refractivity contribution in [1.82, 2.24) is 9.97 Å². The molecule has 0 spiro atoms. The number of halogens is 2. The molecule has 0 saturated heterocycles. The molecule has 0 aliphatic carbocycles. The highest BCUT2D eigenvalue weighted by atomic mass is 35.5. The minimum Gasteiger partial charge on any atom is -0.383 e. The second kappa shape index (κ2) is 18.9. The fourth-order valence-corrected chi connectivity index (χ4v) is 6.01. The highest BCUT2D eigenvalue weighted by Crippen LogP contribution is 2.29. The Morgan fingerprint density at radius 1 is 0.612 bits per heavy atom. The number of carbonyl (C=O) groups is 1. The van der Waals surface area contributed by atoms with E-state index in [2.05, 4.69) is 78.6 Å². The van der Waals surface area contributed by atoms with Gasteiger partial charge in [0.25, 0.3) is 0 Å². The molecule has 0 radical (unpaired) electrons. The lowest BCUT2D eigenvalue weighted by Gasteiger charge is -2.15. The molecule has 2 aromatic heterocycles. The summed E-state index contributed by atoms with van der Waals surface area (Å²) in [5, 5.41) is 10.2. The molecule has 0 aliphatic rings. The second-order valence-electron chi connectivity index (χ2n) is 12.8. The van der Waals surface area contributed by atoms with E-state index >= 15 is 0 Å². The maximum atomic E-state index is 12.4. The van der Waals surface area contributed by atoms with Crippen molar-refractivity contribution in [3.8, 4) is 0 Å². The first kappa shape index (κ1) is 37.4. The third-order valence-electron chi connectivity index (χ3n) is 7.80. The van der Waals surface area contributed by atoms with Crippen LogP contribution in [0.3, 0.4) is 0 Å². The van der Waals surface area contributed by atoms with Gasteiger partial charge < -0.3 is 10.6 Å². The van der Waals surface area contributed by atoms with Gasteiger partial charge in [-0.3, -0.25) is 14.8 Å². The summed E-state index contributed by atoms with van der Waals surface area (Å²) in [6, 6.07) is 35.6. The largest absolute Gasteiger partial charge is 0.383 e. The maximum absolute atomic E-state index is 12.4. The van der Waals surface area contributed by atoms with Crippen LogP contribution in [0.5, 0.6) is 0 Å². The molecule has 1 amide bonds. The first-order chi connectivity index (χ1) is 23.6. The highest BCUT2D eigenvalue weighted by molar-refractivity contribution is 6.31. The maximum Gasteiger partial charge on any atom is 0.225 e. The van der Waals surface area contributed by atoms with Gasteiger partial charge in [-0.1, -0.05) is 131 Å². The molecule has 0 bridgehead atoms. The number of hydrogen-bond acceptors (Lipinski definition) is 4. The summed E-state index contributed by atoms with van der Waals surface area (Å²) in [5.74, 6) is 1.26. The first-order valence-corrected chi connectivity index (χ1v) is 17.6. The zero-order valence-corrected chi connectivity index (χ0v) is 30.5. The Bertz CT molecular complexity index is 1930. The number of aromatic nitrogens is 2. The third kappa shape index (κ3) is 11.3. The van der Waals surface area contributed by atoms with E-state index in [1.807, 2.05) is 92.0 Å². The van der Waals surface area contributed by atoms with Gasteiger partial charge in [-0.05, 0) is 71.7 Å². The van der Waals surface area contributed by atoms with Crippen LogP contribution in [0, 0.1) is 5.92 Å². The molecule has 2 heterocycles. The van der Waals surface area contributed by atoms with Gasteiger partial charge in [0.05, 0.1) is 22.4 Å². The number of nitrogens with one attached hydrogen (secondary N) is 2. The number of carbonyl (C=O) groups excluding carboxylic acids is 1. The van der Waals surface area contributed by atoms with E-state index < -0.39 is 0 Å². The number of benzene rings is 4. The molecule has 5 nitrogen and oxygen atoms in total. The van der Waals surface area contributed by atoms with Gasteiger partial charge in [0, 0.05) is 46.2 Å². The van der Waals surface area contributed by atoms with Crippen LogP contribution in [0.4, 0.5) is 11.4 Å². The van der Waals surface area contributed by atoms with Gasteiger partial charge >= 0.3 is 0 Å². The van der Waals surface area contributed by atoms with Crippen LogP contribution in [0.15, 0.2) is 122 Å². The number of rotatable bonds is 9. The van der Waals surface area contributed by atoms with E-state index in [0.29, 0.717) is 17.4 Å². The SMILES string of the molecule is CC(C)C.CC(CC(=O)Nc1cccc2cccnc12)c1ccccc1Cl.CC(CCNc1cccc2cccnc12)c1ccccc1Cl. The van der Waals surface area contributed by atoms with E-state index in [1.54, 1.807) is 6.20 Å². The summed E-state index contributed by atoms with van der Waals surface area (Å²) in [4.78, 5) is 21.2. The lowest BCUT2D eigenvalue weighted by molar-refractivity contribution is -0.116. The van der Waals surface area contributed by atoms with Gasteiger partial charge in [0.1, 0.15) is 0 Å². The Kier molecular flexibility index (Phi) is 14.4. The lowest BCUT2D eigenvalue weighted by Crippen LogP contribution is -2.15. The monoisotopic (exact) mass is 692 g/mol. The smallest absolute Gasteiger partial charge is 0.225 e. The van der Waals surface area contributed by atoms with Crippen molar-refractivity contribution in [2.75, 3.05) is 17.2 Å². The number of amides is 1. The van der Waals surface area contributed by atoms with Gasteiger partial charge in [0.2, 0.25) is 5.91 Å². The Morgan fingerprint density at radius 3 is 1.63 bits per heavy atom. The number of pyridine rings is 2. The molecule has 0 saturated carbocycles. The number of hydrogen-bond donors (Lipinski definition) is 2. The molecule has 4 aromatic carbocycles. The highest BCUT2D eigenvalue weighted by Gasteiger charge is 2.15. The van der Waals surface area contributed by atoms with E-state index in [4.69, 9.17) is 23.2 Å². The second-order valence-corrected chi connectivity index (χ2v) is 13.6. The van der Waals surface area contributed by atoms with Crippen molar-refractivity contribution in [3.63, 3.8) is 0 Å². The van der Waals surface area contributed by atoms with Crippen LogP contribution in [0.1, 0.15) is 70.4 Å². The van der Waals surface area contributed by atoms with Crippen molar-refractivity contribution in [2.24, 2.45) is 5.92 Å². The molecule has 6 aromatic rings. The number of anilines is 2. The molecule has 2 N–H and O–H groups in total. The Labute approximate surface area is 301 Å². The Hall–Kier alpha value is -4.45. The van der Waals surface area contributed by atoms with Crippen molar-refractivity contribution >= 4 is 62.3 Å². The topological polar surface area (TPSA) is 66.9 Å². The Morgan fingerprint density at radius 2 is 1.08 bits per heavy atom. The fourth-order valence-electron chi connectivity index (χ4n) is 5.37. The minimum atomic E-state index is -0.0458. The molecule has 254 valence electrons. The minimum absolute atomic E-state index is 0.0458. The summed E-state index contributed by atoms with van der Waals surface area (Å²) in [6.45, 7) is 11.6. The zero-order valence-electron chi connectivity index (χ0n) is 29.0. The van der Waals surface area contributed by atoms with Crippen molar-refractivity contribution in [1.29, 1.82) is 0 Å². The quantitative estimate of drug-likeness (QED) is 0.158. The standard InChI is InChI=1S/C19H17ClN2O.C19H19ClN2.C4H10/c1-13(15-8-2-3-9-16(15)20)12-18(23)22-17-10-4-6-14-7-5-11-21-19(14)17;1-14(16-8-2-3-9-17(16)20)11-13-21-18-10-4-6-15-7-5-12-22-19(15)18;1-4(2)3/h2-11,13H,12H2,1H3,(H,22,23);2-10,12,14,21H,11,13H2,1H3;4H,1-3H3. The van der Waals surface area contributed by atoms with Crippen molar-refractivity contribution < 1.29 is 4.79 Å². The molecular formula is C42H46Cl2N4O. The molecule has 49 heavy (non-hydrogen) atoms. The summed E-state index contributed by atoms with van der Waals surface area (Å²) < 4.78 is 0. The van der Waals surface area contributed by atoms with Gasteiger partial charge in [-0.2, -0.15) is 0 Å². The number of para-hydroxylation sites is 2. The van der Waals surface area contributed by atoms with Crippen LogP contribution in [-0.2, 0) is 4.79 Å². The molecule has 0 aliphatic heterocycles. The molecule has 7 heteroatoms. The fraction of sp³-hybridized carbons (Fsp3) is 0.262. The third-order valence-corrected chi connectivity index (χ3v) is 8.48. The van der Waals surface area contributed by atoms with Crippen LogP contribution in [-0.4, -0.2) is 22.4 Å². The molecule has 2 unspecified atom stereocenters. The normalized spacial score (nSPS) is 11.9. The summed E-state index contributed by atoms with van der Waals surface area (Å²) in [5.41, 5.74) is 5.84. The lowest BCUT2D eigenvalue weighted by atomic mass is 9.97. The van der Waals surface area contributed by atoms with E-state index in [1.165, 1.54) is 5.56 Å². The van der Waals surface area contributed by atoms with Gasteiger partial charge in [0.15, 0.2) is 0 Å². The van der Waals surface area contributed by atoms with Crippen LogP contribution >= 0.6 is 23.2 Å². The summed E-state index contributed by atoms with van der Waals surface area (Å²) >= 11 is 12.5. The zero-order chi connectivity index (χ0) is 35.2. The van der Waals surface area contributed by atoms with E-state index in [0.717, 1.165) is 62.7 Å². The van der Waals surface area contributed by atoms with Crippen LogP contribution in [0.2, 0.25) is 10.0 Å². The predicted molar refractivity (Wildman–Crippen MR) is 210 cm³/mol. The first-order valence-electron chi connectivity index (χ1n) is 16.8. The number of nitrogens with zero attached hydrogens (tertiary/aromatic N) is 2. The molecule has 0 fully saturated rings. The molecule has 2 atom stereocenters. The van der Waals surface area contributed by atoms with E-state index in [9.17, 15) is 4.79 Å². The molecular weight excluding hydrogens is 647 g/mol. The van der Waals surface area contributed by atoms with Crippen molar-refractivity contribution in [2.45, 2.75) is 59.3 Å². The average Bonchev–Trinajstić information content (AvgIpc) is 3.09. The Balaban J connectivity index is 0.000000199. The van der Waals surface area contributed by atoms with Gasteiger partial charge in [-0.15, -0.1) is 0 Å². The average molecular weight is 694 g/mol. The van der Waals surface area contributed by atoms with E-state index in [-0.39, 0.29) is 11.8 Å². The molecule has 6 rings (SSSR count). The van der Waals surface area contributed by atoms with Crippen LogP contribution in [0.25, 0.3) is 21.8 Å². The summed E-state index contributed by atoms with van der Waals surface area (Å²) in [6.07, 6.45) is 4.95.